The average molecular weight is 470 g/mol. The van der Waals surface area contributed by atoms with Crippen molar-refractivity contribution < 1.29 is 54.2 Å². The lowest BCUT2D eigenvalue weighted by atomic mass is 9.43. The van der Waals surface area contributed by atoms with E-state index in [1.165, 1.54) is 0 Å². The molecule has 12 heteroatoms. The number of carbonyl (C=O) groups excluding carboxylic acids is 1. The quantitative estimate of drug-likeness (QED) is 0.424. The van der Waals surface area contributed by atoms with Crippen molar-refractivity contribution >= 4 is 5.97 Å². The van der Waals surface area contributed by atoms with Crippen LogP contribution in [0.4, 0.5) is 39.5 Å². The first kappa shape index (κ1) is 24.4. The van der Waals surface area contributed by atoms with Crippen LogP contribution >= 0.6 is 0 Å². The van der Waals surface area contributed by atoms with Crippen LogP contribution in [0.15, 0.2) is 0 Å². The molecule has 1 N–H and O–H groups in total. The monoisotopic (exact) mass is 470 g/mol. The van der Waals surface area contributed by atoms with Gasteiger partial charge in [0.15, 0.2) is 5.41 Å². The van der Waals surface area contributed by atoms with Gasteiger partial charge in [0.1, 0.15) is 0 Å². The fourth-order valence-electron chi connectivity index (χ4n) is 6.32. The molecule has 0 saturated heterocycles. The summed E-state index contributed by atoms with van der Waals surface area (Å²) in [5, 5.41) is 10.7. The Morgan fingerprint density at radius 1 is 0.903 bits per heavy atom. The molecule has 0 radical (unpaired) electrons. The Kier molecular flexibility index (Phi) is 5.25. The summed E-state index contributed by atoms with van der Waals surface area (Å²) in [7, 11) is 0. The average Bonchev–Trinajstić information content (AvgIpc) is 2.52. The van der Waals surface area contributed by atoms with E-state index in [4.69, 9.17) is 0 Å². The van der Waals surface area contributed by atoms with Gasteiger partial charge in [-0.3, -0.25) is 4.79 Å². The van der Waals surface area contributed by atoms with E-state index in [0.717, 1.165) is 6.92 Å². The lowest BCUT2D eigenvalue weighted by Crippen LogP contribution is -2.75. The molecular formula is C19H23F9O3. The second-order valence-electron chi connectivity index (χ2n) is 9.72. The summed E-state index contributed by atoms with van der Waals surface area (Å²) in [4.78, 5) is 12.4. The first-order valence-electron chi connectivity index (χ1n) is 9.92. The molecule has 0 aromatic carbocycles. The SMILES string of the molecule is CCC(C)(C(=O)OC(C(F)(F)F)(C(F)(F)F)C12CC3CC(CC(O)(C3)C1)C2)C(F)(F)F. The molecule has 4 rings (SSSR count). The maximum absolute atomic E-state index is 14.3. The van der Waals surface area contributed by atoms with Crippen LogP contribution in [0.25, 0.3) is 0 Å². The first-order valence-corrected chi connectivity index (χ1v) is 9.92. The van der Waals surface area contributed by atoms with E-state index in [-0.39, 0.29) is 19.8 Å². The Bertz CT molecular complexity index is 711. The van der Waals surface area contributed by atoms with Gasteiger partial charge in [-0.25, -0.2) is 0 Å². The molecule has 4 fully saturated rings. The molecule has 0 spiro atoms. The Morgan fingerprint density at radius 3 is 1.68 bits per heavy atom. The van der Waals surface area contributed by atoms with Crippen molar-refractivity contribution in [1.82, 2.24) is 0 Å². The Hall–Kier alpha value is -1.20. The number of hydrogen-bond acceptors (Lipinski definition) is 3. The van der Waals surface area contributed by atoms with Crippen molar-refractivity contribution in [2.75, 3.05) is 0 Å². The molecule has 4 aliphatic carbocycles. The van der Waals surface area contributed by atoms with Crippen molar-refractivity contribution in [2.45, 2.75) is 88.5 Å². The summed E-state index contributed by atoms with van der Waals surface area (Å²) in [6, 6.07) is 0. The molecule has 0 aromatic heterocycles. The molecule has 3 unspecified atom stereocenters. The number of carbonyl (C=O) groups is 1. The van der Waals surface area contributed by atoms with Crippen molar-refractivity contribution in [3.05, 3.63) is 0 Å². The van der Waals surface area contributed by atoms with Crippen LogP contribution in [0.3, 0.4) is 0 Å². The van der Waals surface area contributed by atoms with Gasteiger partial charge in [-0.05, 0) is 63.7 Å². The zero-order valence-electron chi connectivity index (χ0n) is 16.8. The van der Waals surface area contributed by atoms with Gasteiger partial charge in [0.2, 0.25) is 0 Å². The van der Waals surface area contributed by atoms with E-state index in [2.05, 4.69) is 4.74 Å². The Labute approximate surface area is 172 Å². The summed E-state index contributed by atoms with van der Waals surface area (Å²) in [6.07, 6.45) is -20.9. The van der Waals surface area contributed by atoms with Crippen LogP contribution < -0.4 is 0 Å². The summed E-state index contributed by atoms with van der Waals surface area (Å²) >= 11 is 0. The summed E-state index contributed by atoms with van der Waals surface area (Å²) in [5.41, 5.74) is -13.3. The summed E-state index contributed by atoms with van der Waals surface area (Å²) in [6.45, 7) is 1.05. The number of aliphatic hydroxyl groups is 1. The fourth-order valence-corrected chi connectivity index (χ4v) is 6.32. The number of rotatable bonds is 4. The predicted molar refractivity (Wildman–Crippen MR) is 87.5 cm³/mol. The third-order valence-corrected chi connectivity index (χ3v) is 7.60. The molecule has 3 atom stereocenters. The Balaban J connectivity index is 2.20. The van der Waals surface area contributed by atoms with Crippen molar-refractivity contribution in [3.8, 4) is 0 Å². The highest BCUT2D eigenvalue weighted by Gasteiger charge is 2.85. The van der Waals surface area contributed by atoms with Crippen LogP contribution in [-0.4, -0.2) is 40.8 Å². The molecule has 0 aliphatic heterocycles. The topological polar surface area (TPSA) is 46.5 Å². The number of ether oxygens (including phenoxy) is 1. The maximum Gasteiger partial charge on any atom is 0.438 e. The van der Waals surface area contributed by atoms with Crippen LogP contribution in [0, 0.1) is 22.7 Å². The second-order valence-corrected chi connectivity index (χ2v) is 9.72. The van der Waals surface area contributed by atoms with Crippen LogP contribution in [-0.2, 0) is 9.53 Å². The van der Waals surface area contributed by atoms with Crippen LogP contribution in [0.1, 0.15) is 58.8 Å². The minimum atomic E-state index is -6.25. The maximum atomic E-state index is 14.3. The van der Waals surface area contributed by atoms with Gasteiger partial charge in [-0.1, -0.05) is 6.92 Å². The van der Waals surface area contributed by atoms with E-state index in [1.54, 1.807) is 0 Å². The van der Waals surface area contributed by atoms with E-state index in [0.29, 0.717) is 6.42 Å². The van der Waals surface area contributed by atoms with E-state index in [9.17, 15) is 49.4 Å². The number of alkyl halides is 9. The van der Waals surface area contributed by atoms with Crippen molar-refractivity contribution in [2.24, 2.45) is 22.7 Å². The summed E-state index contributed by atoms with van der Waals surface area (Å²) < 4.78 is 130. The third kappa shape index (κ3) is 3.33. The van der Waals surface area contributed by atoms with Crippen LogP contribution in [0.5, 0.6) is 0 Å². The lowest BCUT2D eigenvalue weighted by Gasteiger charge is -2.65. The van der Waals surface area contributed by atoms with Crippen LogP contribution in [0.2, 0.25) is 0 Å². The molecule has 0 amide bonds. The smallest absolute Gasteiger partial charge is 0.438 e. The fraction of sp³-hybridized carbons (Fsp3) is 0.947. The highest BCUT2D eigenvalue weighted by molar-refractivity contribution is 5.78. The summed E-state index contributed by atoms with van der Waals surface area (Å²) in [5.74, 6) is -3.97. The molecule has 180 valence electrons. The predicted octanol–water partition coefficient (Wildman–Crippen LogP) is 5.70. The van der Waals surface area contributed by atoms with E-state index in [1.807, 2.05) is 0 Å². The highest BCUT2D eigenvalue weighted by Crippen LogP contribution is 2.71. The van der Waals surface area contributed by atoms with Gasteiger partial charge in [0.25, 0.3) is 0 Å². The number of halogens is 9. The molecule has 4 aliphatic rings. The normalized spacial score (nSPS) is 35.7. The third-order valence-electron chi connectivity index (χ3n) is 7.60. The molecule has 4 bridgehead atoms. The highest BCUT2D eigenvalue weighted by atomic mass is 19.4. The Morgan fingerprint density at radius 2 is 1.35 bits per heavy atom. The minimum absolute atomic E-state index is 0.0141. The number of esters is 1. The standard InChI is InChI=1S/C19H23F9O3/c1-3-13(2,17(20,21)22)12(29)31-16(18(23,24)25,19(26,27)28)14-5-10-4-11(6-14)8-15(30,7-10)9-14/h10-11,30H,3-9H2,1-2H3. The van der Waals surface area contributed by atoms with Crippen molar-refractivity contribution in [1.29, 1.82) is 0 Å². The second kappa shape index (κ2) is 6.66. The molecule has 0 aromatic rings. The lowest BCUT2D eigenvalue weighted by molar-refractivity contribution is -0.425. The molecule has 4 saturated carbocycles. The minimum Gasteiger partial charge on any atom is -0.438 e. The zero-order valence-corrected chi connectivity index (χ0v) is 16.8. The van der Waals surface area contributed by atoms with Gasteiger partial charge in [-0.2, -0.15) is 39.5 Å². The van der Waals surface area contributed by atoms with E-state index < -0.39 is 84.0 Å². The first-order chi connectivity index (χ1) is 13.8. The molecular weight excluding hydrogens is 447 g/mol. The zero-order chi connectivity index (χ0) is 23.9. The number of hydrogen-bond donors (Lipinski definition) is 1. The van der Waals surface area contributed by atoms with Gasteiger partial charge in [0, 0.05) is 5.41 Å². The molecule has 31 heavy (non-hydrogen) atoms. The molecule has 3 nitrogen and oxygen atoms in total. The van der Waals surface area contributed by atoms with Gasteiger partial charge in [-0.15, -0.1) is 0 Å². The van der Waals surface area contributed by atoms with Crippen molar-refractivity contribution in [3.63, 3.8) is 0 Å². The largest absolute Gasteiger partial charge is 0.438 e. The van der Waals surface area contributed by atoms with Gasteiger partial charge < -0.3 is 9.84 Å². The van der Waals surface area contributed by atoms with Gasteiger partial charge in [0.05, 0.1) is 5.60 Å². The molecule has 0 heterocycles. The van der Waals surface area contributed by atoms with Gasteiger partial charge >= 0.3 is 30.1 Å². The van der Waals surface area contributed by atoms with E-state index >= 15 is 0 Å².